The molecule has 0 fully saturated rings. The highest BCUT2D eigenvalue weighted by molar-refractivity contribution is 9.10. The first kappa shape index (κ1) is 12.8. The van der Waals surface area contributed by atoms with Gasteiger partial charge >= 0.3 is 5.63 Å². The molecule has 0 spiro atoms. The van der Waals surface area contributed by atoms with Gasteiger partial charge in [0.15, 0.2) is 0 Å². The summed E-state index contributed by atoms with van der Waals surface area (Å²) in [5, 5.41) is 0.855. The van der Waals surface area contributed by atoms with Gasteiger partial charge in [-0.3, -0.25) is 4.99 Å². The van der Waals surface area contributed by atoms with Gasteiger partial charge in [0.05, 0.1) is 11.3 Å². The number of rotatable bonds is 2. The molecule has 3 rings (SSSR count). The molecule has 0 unspecified atom stereocenters. The Labute approximate surface area is 123 Å². The standard InChI is InChI=1S/C16H10BrNO2/c17-13-6-7-15-11(9-13)8-12(16(19)20-15)10-18-14-4-2-1-3-5-14/h1-10H/b18-10+. The highest BCUT2D eigenvalue weighted by atomic mass is 79.9. The normalized spacial score (nSPS) is 11.2. The summed E-state index contributed by atoms with van der Waals surface area (Å²) < 4.78 is 6.20. The Morgan fingerprint density at radius 3 is 2.65 bits per heavy atom. The highest BCUT2D eigenvalue weighted by Gasteiger charge is 2.03. The number of fused-ring (bicyclic) bond motifs is 1. The predicted octanol–water partition coefficient (Wildman–Crippen LogP) is 4.31. The Morgan fingerprint density at radius 1 is 1.05 bits per heavy atom. The third-order valence-electron chi connectivity index (χ3n) is 2.83. The molecular formula is C16H10BrNO2. The molecule has 20 heavy (non-hydrogen) atoms. The summed E-state index contributed by atoms with van der Waals surface area (Å²) in [5.74, 6) is 0. The molecule has 1 heterocycles. The average molecular weight is 328 g/mol. The third kappa shape index (κ3) is 2.70. The molecule has 0 aliphatic carbocycles. The molecule has 0 atom stereocenters. The highest BCUT2D eigenvalue weighted by Crippen LogP contribution is 2.19. The van der Waals surface area contributed by atoms with E-state index in [1.165, 1.54) is 6.21 Å². The molecule has 0 saturated carbocycles. The Bertz CT molecular complexity index is 838. The topological polar surface area (TPSA) is 42.6 Å². The van der Waals surface area contributed by atoms with Gasteiger partial charge < -0.3 is 4.42 Å². The van der Waals surface area contributed by atoms with Crippen LogP contribution in [0.2, 0.25) is 0 Å². The number of halogens is 1. The minimum absolute atomic E-state index is 0.389. The van der Waals surface area contributed by atoms with E-state index in [-0.39, 0.29) is 5.63 Å². The molecule has 98 valence electrons. The van der Waals surface area contributed by atoms with Gasteiger partial charge in [-0.2, -0.15) is 0 Å². The van der Waals surface area contributed by atoms with Crippen LogP contribution in [0.25, 0.3) is 11.0 Å². The van der Waals surface area contributed by atoms with E-state index in [1.807, 2.05) is 42.5 Å². The molecule has 2 aromatic carbocycles. The van der Waals surface area contributed by atoms with Crippen LogP contribution in [-0.4, -0.2) is 6.21 Å². The van der Waals surface area contributed by atoms with Gasteiger partial charge in [-0.15, -0.1) is 0 Å². The summed E-state index contributed by atoms with van der Waals surface area (Å²) >= 11 is 3.40. The van der Waals surface area contributed by atoms with E-state index in [0.717, 1.165) is 15.5 Å². The zero-order valence-corrected chi connectivity index (χ0v) is 12.0. The molecule has 0 bridgehead atoms. The van der Waals surface area contributed by atoms with Crippen LogP contribution in [-0.2, 0) is 0 Å². The average Bonchev–Trinajstić information content (AvgIpc) is 2.46. The van der Waals surface area contributed by atoms with E-state index >= 15 is 0 Å². The molecule has 0 aliphatic rings. The maximum absolute atomic E-state index is 11.9. The number of aliphatic imine (C=N–C) groups is 1. The lowest BCUT2D eigenvalue weighted by Gasteiger charge is -1.99. The molecule has 3 nitrogen and oxygen atoms in total. The first-order valence-corrected chi connectivity index (χ1v) is 6.84. The SMILES string of the molecule is O=c1oc2ccc(Br)cc2cc1/C=N/c1ccccc1. The van der Waals surface area contributed by atoms with Crippen LogP contribution >= 0.6 is 15.9 Å². The second kappa shape index (κ2) is 5.43. The van der Waals surface area contributed by atoms with Crippen LogP contribution < -0.4 is 5.63 Å². The minimum atomic E-state index is -0.389. The fourth-order valence-electron chi connectivity index (χ4n) is 1.86. The van der Waals surface area contributed by atoms with Crippen molar-refractivity contribution in [3.8, 4) is 0 Å². The van der Waals surface area contributed by atoms with Crippen LogP contribution in [0.3, 0.4) is 0 Å². The fraction of sp³-hybridized carbons (Fsp3) is 0. The number of hydrogen-bond acceptors (Lipinski definition) is 3. The van der Waals surface area contributed by atoms with Crippen molar-refractivity contribution in [3.05, 3.63) is 75.1 Å². The van der Waals surface area contributed by atoms with E-state index in [4.69, 9.17) is 4.42 Å². The van der Waals surface area contributed by atoms with Gasteiger partial charge in [0.1, 0.15) is 5.58 Å². The number of para-hydroxylation sites is 1. The van der Waals surface area contributed by atoms with E-state index in [2.05, 4.69) is 20.9 Å². The Kier molecular flexibility index (Phi) is 3.48. The lowest BCUT2D eigenvalue weighted by molar-refractivity contribution is 0.560. The van der Waals surface area contributed by atoms with Crippen molar-refractivity contribution in [2.75, 3.05) is 0 Å². The molecular weight excluding hydrogens is 318 g/mol. The van der Waals surface area contributed by atoms with E-state index in [9.17, 15) is 4.79 Å². The molecule has 0 saturated heterocycles. The van der Waals surface area contributed by atoms with Crippen LogP contribution in [0.15, 0.2) is 73.3 Å². The summed E-state index contributed by atoms with van der Waals surface area (Å²) in [4.78, 5) is 16.1. The third-order valence-corrected chi connectivity index (χ3v) is 3.32. The van der Waals surface area contributed by atoms with Gasteiger partial charge in [-0.1, -0.05) is 34.1 Å². The molecule has 0 aliphatic heterocycles. The van der Waals surface area contributed by atoms with Gasteiger partial charge in [0, 0.05) is 16.1 Å². The lowest BCUT2D eigenvalue weighted by atomic mass is 10.2. The Balaban J connectivity index is 2.05. The first-order valence-electron chi connectivity index (χ1n) is 6.05. The zero-order chi connectivity index (χ0) is 13.9. The van der Waals surface area contributed by atoms with Crippen LogP contribution in [0.5, 0.6) is 0 Å². The minimum Gasteiger partial charge on any atom is -0.422 e. The molecule has 1 aromatic heterocycles. The second-order valence-corrected chi connectivity index (χ2v) is 5.18. The van der Waals surface area contributed by atoms with Crippen LogP contribution in [0, 0.1) is 0 Å². The molecule has 0 N–H and O–H groups in total. The van der Waals surface area contributed by atoms with Gasteiger partial charge in [0.25, 0.3) is 0 Å². The van der Waals surface area contributed by atoms with Gasteiger partial charge in [0.2, 0.25) is 0 Å². The Morgan fingerprint density at radius 2 is 1.85 bits per heavy atom. The lowest BCUT2D eigenvalue weighted by Crippen LogP contribution is -2.05. The van der Waals surface area contributed by atoms with Crippen molar-refractivity contribution in [1.82, 2.24) is 0 Å². The van der Waals surface area contributed by atoms with Crippen molar-refractivity contribution >= 4 is 38.8 Å². The van der Waals surface area contributed by atoms with Gasteiger partial charge in [-0.05, 0) is 36.4 Å². The smallest absolute Gasteiger partial charge is 0.345 e. The molecule has 0 radical (unpaired) electrons. The molecule has 3 aromatic rings. The second-order valence-electron chi connectivity index (χ2n) is 4.27. The van der Waals surface area contributed by atoms with E-state index in [0.29, 0.717) is 11.1 Å². The summed E-state index contributed by atoms with van der Waals surface area (Å²) in [7, 11) is 0. The fourth-order valence-corrected chi connectivity index (χ4v) is 2.24. The number of hydrogen-bond donors (Lipinski definition) is 0. The zero-order valence-electron chi connectivity index (χ0n) is 10.4. The molecule has 4 heteroatoms. The first-order chi connectivity index (χ1) is 9.72. The van der Waals surface area contributed by atoms with Crippen LogP contribution in [0.1, 0.15) is 5.56 Å². The maximum Gasteiger partial charge on any atom is 0.345 e. The molecule has 0 amide bonds. The summed E-state index contributed by atoms with van der Waals surface area (Å²) in [6, 6.07) is 16.7. The van der Waals surface area contributed by atoms with Crippen molar-refractivity contribution in [3.63, 3.8) is 0 Å². The summed E-state index contributed by atoms with van der Waals surface area (Å²) in [6.45, 7) is 0. The monoisotopic (exact) mass is 327 g/mol. The maximum atomic E-state index is 11.9. The largest absolute Gasteiger partial charge is 0.422 e. The van der Waals surface area contributed by atoms with E-state index in [1.54, 1.807) is 12.1 Å². The number of nitrogens with zero attached hydrogens (tertiary/aromatic N) is 1. The van der Waals surface area contributed by atoms with Gasteiger partial charge in [-0.25, -0.2) is 4.79 Å². The van der Waals surface area contributed by atoms with E-state index < -0.39 is 0 Å². The van der Waals surface area contributed by atoms with Crippen molar-refractivity contribution in [2.45, 2.75) is 0 Å². The quantitative estimate of drug-likeness (QED) is 0.520. The van der Waals surface area contributed by atoms with Crippen molar-refractivity contribution in [1.29, 1.82) is 0 Å². The van der Waals surface area contributed by atoms with Crippen molar-refractivity contribution in [2.24, 2.45) is 4.99 Å². The summed E-state index contributed by atoms with van der Waals surface area (Å²) in [5.41, 5.74) is 1.40. The Hall–Kier alpha value is -2.20. The van der Waals surface area contributed by atoms with Crippen LogP contribution in [0.4, 0.5) is 5.69 Å². The number of benzene rings is 2. The predicted molar refractivity (Wildman–Crippen MR) is 83.9 cm³/mol. The summed E-state index contributed by atoms with van der Waals surface area (Å²) in [6.07, 6.45) is 1.53. The van der Waals surface area contributed by atoms with Crippen molar-refractivity contribution < 1.29 is 4.42 Å².